The summed E-state index contributed by atoms with van der Waals surface area (Å²) < 4.78 is 67.3. The van der Waals surface area contributed by atoms with E-state index < -0.39 is 28.7 Å². The molecule has 1 fully saturated rings. The molecule has 10 heteroatoms. The van der Waals surface area contributed by atoms with E-state index in [0.717, 1.165) is 24.3 Å². The normalized spacial score (nSPS) is 19.4. The average molecular weight is 428 g/mol. The van der Waals surface area contributed by atoms with E-state index in [0.29, 0.717) is 23.3 Å². The number of carbonyl (C=O) groups excluding carboxylic acids is 1. The lowest BCUT2D eigenvalue weighted by molar-refractivity contribution is -0.121. The first-order valence-corrected chi connectivity index (χ1v) is 10.3. The fourth-order valence-electron chi connectivity index (χ4n) is 2.70. The van der Waals surface area contributed by atoms with Gasteiger partial charge in [-0.25, -0.2) is 13.1 Å². The summed E-state index contributed by atoms with van der Waals surface area (Å²) in [6.45, 7) is 0.478. The van der Waals surface area contributed by atoms with Crippen LogP contribution in [0.3, 0.4) is 0 Å². The van der Waals surface area contributed by atoms with Gasteiger partial charge in [0.05, 0.1) is 4.90 Å². The van der Waals surface area contributed by atoms with Crippen molar-refractivity contribution in [3.8, 4) is 0 Å². The Hall–Kier alpha value is -2.59. The Morgan fingerprint density at radius 1 is 1.21 bits per heavy atom. The minimum Gasteiger partial charge on any atom is -0.461 e. The van der Waals surface area contributed by atoms with E-state index in [2.05, 4.69) is 12.2 Å². The second kappa shape index (κ2) is 8.03. The summed E-state index contributed by atoms with van der Waals surface area (Å²) in [5.41, 5.74) is 0.293. The number of hydrogen-bond donors (Lipinski definition) is 2. The Morgan fingerprint density at radius 2 is 1.86 bits per heavy atom. The van der Waals surface area contributed by atoms with Crippen molar-refractivity contribution in [3.63, 3.8) is 0 Å². The van der Waals surface area contributed by atoms with Crippen molar-refractivity contribution in [3.05, 3.63) is 54.0 Å². The number of amides is 1. The van der Waals surface area contributed by atoms with Crippen LogP contribution in [0.2, 0.25) is 0 Å². The molecule has 0 spiro atoms. The third-order valence-corrected chi connectivity index (χ3v) is 5.83. The number of hydrogen-bond acceptors (Lipinski definition) is 4. The fourth-order valence-corrected chi connectivity index (χ4v) is 3.71. The molecule has 2 atom stereocenters. The standard InChI is InChI=1S/C19H19F3N2O4S/c1-12-10-16(12)17-8-4-14(28-17)5-9-18(25)24-13-2-6-15(7-3-13)29(26,27)23-11-19(20,21)22/h2-9,12,16,23H,10-11H2,1H3,(H,24,25)/b9-5+. The second-order valence-corrected chi connectivity index (χ2v) is 8.61. The van der Waals surface area contributed by atoms with Gasteiger partial charge in [0.1, 0.15) is 18.1 Å². The van der Waals surface area contributed by atoms with Crippen LogP contribution in [0.15, 0.2) is 51.8 Å². The number of alkyl halides is 3. The lowest BCUT2D eigenvalue weighted by atomic mass is 10.3. The van der Waals surface area contributed by atoms with Crippen molar-refractivity contribution < 1.29 is 30.8 Å². The van der Waals surface area contributed by atoms with E-state index in [4.69, 9.17) is 4.42 Å². The first-order valence-electron chi connectivity index (χ1n) is 8.79. The molecule has 1 aromatic heterocycles. The maximum Gasteiger partial charge on any atom is 0.402 e. The Labute approximate surface area is 165 Å². The highest BCUT2D eigenvalue weighted by Gasteiger charge is 2.36. The third kappa shape index (κ3) is 5.94. The number of halogens is 3. The lowest BCUT2D eigenvalue weighted by Gasteiger charge is -2.10. The molecule has 1 aromatic carbocycles. The second-order valence-electron chi connectivity index (χ2n) is 6.85. The van der Waals surface area contributed by atoms with E-state index >= 15 is 0 Å². The van der Waals surface area contributed by atoms with Crippen LogP contribution < -0.4 is 10.0 Å². The molecule has 2 aromatic rings. The summed E-state index contributed by atoms with van der Waals surface area (Å²) in [6, 6.07) is 8.44. The van der Waals surface area contributed by atoms with Crippen molar-refractivity contribution in [2.45, 2.75) is 30.3 Å². The van der Waals surface area contributed by atoms with Crippen LogP contribution in [0, 0.1) is 5.92 Å². The monoisotopic (exact) mass is 428 g/mol. The SMILES string of the molecule is CC1CC1c1ccc(/C=C/C(=O)Nc2ccc(S(=O)(=O)NCC(F)(F)F)cc2)o1. The number of anilines is 1. The molecule has 2 unspecified atom stereocenters. The molecule has 0 bridgehead atoms. The van der Waals surface area contributed by atoms with E-state index in [1.807, 2.05) is 6.07 Å². The molecule has 0 saturated heterocycles. The quantitative estimate of drug-likeness (QED) is 0.655. The van der Waals surface area contributed by atoms with Crippen LogP contribution >= 0.6 is 0 Å². The van der Waals surface area contributed by atoms with Crippen LogP contribution in [0.4, 0.5) is 18.9 Å². The number of carbonyl (C=O) groups is 1. The zero-order valence-electron chi connectivity index (χ0n) is 15.4. The molecule has 156 valence electrons. The minimum atomic E-state index is -4.65. The third-order valence-electron chi connectivity index (χ3n) is 4.42. The Bertz CT molecular complexity index is 1010. The maximum absolute atomic E-state index is 12.2. The fraction of sp³-hybridized carbons (Fsp3) is 0.316. The van der Waals surface area contributed by atoms with Crippen molar-refractivity contribution in [1.82, 2.24) is 4.72 Å². The molecular formula is C19H19F3N2O4S. The summed E-state index contributed by atoms with van der Waals surface area (Å²) in [6.07, 6.45) is -0.770. The molecule has 29 heavy (non-hydrogen) atoms. The topological polar surface area (TPSA) is 88.4 Å². The average Bonchev–Trinajstić information content (AvgIpc) is 3.18. The van der Waals surface area contributed by atoms with Gasteiger partial charge < -0.3 is 9.73 Å². The van der Waals surface area contributed by atoms with Gasteiger partial charge in [0.15, 0.2) is 0 Å². The van der Waals surface area contributed by atoms with Crippen LogP contribution in [-0.4, -0.2) is 27.0 Å². The number of sulfonamides is 1. The minimum absolute atomic E-state index is 0.293. The molecule has 2 N–H and O–H groups in total. The highest BCUT2D eigenvalue weighted by atomic mass is 32.2. The molecule has 0 aliphatic heterocycles. The Morgan fingerprint density at radius 3 is 2.45 bits per heavy atom. The van der Waals surface area contributed by atoms with E-state index in [1.54, 1.807) is 6.07 Å². The summed E-state index contributed by atoms with van der Waals surface area (Å²) in [4.78, 5) is 11.7. The smallest absolute Gasteiger partial charge is 0.402 e. The number of benzene rings is 1. The van der Waals surface area contributed by atoms with Crippen LogP contribution in [-0.2, 0) is 14.8 Å². The highest BCUT2D eigenvalue weighted by Crippen LogP contribution is 2.47. The molecule has 1 aliphatic carbocycles. The summed E-state index contributed by atoms with van der Waals surface area (Å²) in [5, 5.41) is 2.53. The zero-order chi connectivity index (χ0) is 21.2. The molecule has 6 nitrogen and oxygen atoms in total. The summed E-state index contributed by atoms with van der Waals surface area (Å²) in [7, 11) is -4.30. The van der Waals surface area contributed by atoms with Gasteiger partial charge in [0, 0.05) is 17.7 Å². The molecule has 3 rings (SSSR count). The number of nitrogens with one attached hydrogen (secondary N) is 2. The van der Waals surface area contributed by atoms with Gasteiger partial charge in [-0.15, -0.1) is 0 Å². The largest absolute Gasteiger partial charge is 0.461 e. The van der Waals surface area contributed by atoms with Gasteiger partial charge in [0.25, 0.3) is 0 Å². The lowest BCUT2D eigenvalue weighted by Crippen LogP contribution is -2.33. The van der Waals surface area contributed by atoms with E-state index in [1.165, 1.54) is 29.0 Å². The van der Waals surface area contributed by atoms with E-state index in [-0.39, 0.29) is 4.90 Å². The molecule has 1 saturated carbocycles. The highest BCUT2D eigenvalue weighted by molar-refractivity contribution is 7.89. The van der Waals surface area contributed by atoms with Crippen LogP contribution in [0.25, 0.3) is 6.08 Å². The first-order chi connectivity index (χ1) is 13.5. The molecule has 0 radical (unpaired) electrons. The predicted molar refractivity (Wildman–Crippen MR) is 101 cm³/mol. The van der Waals surface area contributed by atoms with Gasteiger partial charge >= 0.3 is 6.18 Å². The van der Waals surface area contributed by atoms with E-state index in [9.17, 15) is 26.4 Å². The first kappa shape index (κ1) is 21.1. The van der Waals surface area contributed by atoms with Gasteiger partial charge in [-0.1, -0.05) is 6.92 Å². The Kier molecular flexibility index (Phi) is 5.85. The summed E-state index contributed by atoms with van der Waals surface area (Å²) >= 11 is 0. The zero-order valence-corrected chi connectivity index (χ0v) is 16.2. The molecule has 1 aliphatic rings. The number of furan rings is 1. The van der Waals surface area contributed by atoms with Gasteiger partial charge in [0.2, 0.25) is 15.9 Å². The number of rotatable bonds is 7. The maximum atomic E-state index is 12.2. The van der Waals surface area contributed by atoms with Crippen molar-refractivity contribution in [2.24, 2.45) is 5.92 Å². The van der Waals surface area contributed by atoms with Crippen molar-refractivity contribution in [2.75, 3.05) is 11.9 Å². The van der Waals surface area contributed by atoms with Gasteiger partial charge in [-0.05, 0) is 54.8 Å². The molecule has 1 amide bonds. The Balaban J connectivity index is 1.56. The molecule has 1 heterocycles. The van der Waals surface area contributed by atoms with Crippen molar-refractivity contribution >= 4 is 27.7 Å². The van der Waals surface area contributed by atoms with Gasteiger partial charge in [-0.2, -0.15) is 13.2 Å². The van der Waals surface area contributed by atoms with Crippen molar-refractivity contribution in [1.29, 1.82) is 0 Å². The van der Waals surface area contributed by atoms with Crippen LogP contribution in [0.1, 0.15) is 30.8 Å². The molecular weight excluding hydrogens is 409 g/mol. The van der Waals surface area contributed by atoms with Gasteiger partial charge in [-0.3, -0.25) is 4.79 Å². The predicted octanol–water partition coefficient (Wildman–Crippen LogP) is 3.90. The summed E-state index contributed by atoms with van der Waals surface area (Å²) in [5.74, 6) is 2.02. The van der Waals surface area contributed by atoms with Crippen LogP contribution in [0.5, 0.6) is 0 Å².